The molecule has 9 nitrogen and oxygen atoms in total. The summed E-state index contributed by atoms with van der Waals surface area (Å²) in [6, 6.07) is 18.5. The molecule has 0 saturated heterocycles. The summed E-state index contributed by atoms with van der Waals surface area (Å²) >= 11 is 1.32. The maximum atomic E-state index is 13.1. The average Bonchev–Trinajstić information content (AvgIpc) is 3.56. The van der Waals surface area contributed by atoms with E-state index < -0.39 is 0 Å². The molecule has 1 aliphatic heterocycles. The smallest absolute Gasteiger partial charge is 0.252 e. The molecule has 0 saturated carbocycles. The molecule has 2 heterocycles. The number of nitrogens with zero attached hydrogens (tertiary/aromatic N) is 3. The normalized spacial score (nSPS) is 13.1. The van der Waals surface area contributed by atoms with E-state index in [0.29, 0.717) is 34.6 Å². The molecule has 1 aromatic heterocycles. The van der Waals surface area contributed by atoms with Gasteiger partial charge in [-0.05, 0) is 42.5 Å². The second-order valence-corrected chi connectivity index (χ2v) is 10.2. The summed E-state index contributed by atoms with van der Waals surface area (Å²) in [6.07, 6.45) is 0. The highest BCUT2D eigenvalue weighted by Gasteiger charge is 2.27. The number of aromatic nitrogens is 3. The summed E-state index contributed by atoms with van der Waals surface area (Å²) in [5, 5.41) is 17.6. The Morgan fingerprint density at radius 1 is 1.03 bits per heavy atom. The number of hydrogen-bond acceptors (Lipinski definition) is 7. The number of rotatable bonds is 9. The molecule has 38 heavy (non-hydrogen) atoms. The van der Waals surface area contributed by atoms with Crippen LogP contribution in [0, 0.1) is 5.92 Å². The van der Waals surface area contributed by atoms with Crippen molar-refractivity contribution in [3.63, 3.8) is 0 Å². The summed E-state index contributed by atoms with van der Waals surface area (Å²) in [4.78, 5) is 25.9. The van der Waals surface area contributed by atoms with Gasteiger partial charge in [-0.15, -0.1) is 10.2 Å². The standard InChI is InChI=1S/C28H29N5O4S/c1-4-33-26(25(17(2)3)30-27(35)19-12-13-22-23(14-19)37-16-36-22)31-32-28(33)38-15-24(34)29-21-11-7-9-18-8-5-6-10-20(18)21/h5-14,17,25H,4,15-16H2,1-3H3,(H,29,34)(H,30,35). The lowest BCUT2D eigenvalue weighted by atomic mass is 10.0. The molecule has 1 aliphatic rings. The number of carbonyl (C=O) groups excluding carboxylic acids is 2. The molecular weight excluding hydrogens is 502 g/mol. The Morgan fingerprint density at radius 3 is 2.63 bits per heavy atom. The van der Waals surface area contributed by atoms with E-state index in [4.69, 9.17) is 9.47 Å². The van der Waals surface area contributed by atoms with Crippen molar-refractivity contribution >= 4 is 40.0 Å². The number of carbonyl (C=O) groups is 2. The second kappa shape index (κ2) is 11.1. The first-order valence-electron chi connectivity index (χ1n) is 12.5. The monoisotopic (exact) mass is 531 g/mol. The fraction of sp³-hybridized carbons (Fsp3) is 0.286. The van der Waals surface area contributed by atoms with Gasteiger partial charge in [0.25, 0.3) is 5.91 Å². The molecule has 0 spiro atoms. The molecule has 0 radical (unpaired) electrons. The van der Waals surface area contributed by atoms with Crippen molar-refractivity contribution in [1.82, 2.24) is 20.1 Å². The van der Waals surface area contributed by atoms with Gasteiger partial charge in [-0.3, -0.25) is 9.59 Å². The summed E-state index contributed by atoms with van der Waals surface area (Å²) < 4.78 is 12.7. The quantitative estimate of drug-likeness (QED) is 0.292. The van der Waals surface area contributed by atoms with E-state index in [-0.39, 0.29) is 36.3 Å². The van der Waals surface area contributed by atoms with E-state index in [1.54, 1.807) is 18.2 Å². The minimum absolute atomic E-state index is 0.0509. The van der Waals surface area contributed by atoms with Crippen molar-refractivity contribution in [2.45, 2.75) is 38.5 Å². The van der Waals surface area contributed by atoms with Crippen LogP contribution in [0.5, 0.6) is 11.5 Å². The summed E-state index contributed by atoms with van der Waals surface area (Å²) in [7, 11) is 0. The molecule has 1 unspecified atom stereocenters. The average molecular weight is 532 g/mol. The van der Waals surface area contributed by atoms with Gasteiger partial charge in [0.15, 0.2) is 22.5 Å². The van der Waals surface area contributed by atoms with Gasteiger partial charge in [0, 0.05) is 23.2 Å². The first kappa shape index (κ1) is 25.6. The van der Waals surface area contributed by atoms with Crippen LogP contribution >= 0.6 is 11.8 Å². The number of amides is 2. The van der Waals surface area contributed by atoms with Gasteiger partial charge in [0.05, 0.1) is 11.8 Å². The van der Waals surface area contributed by atoms with E-state index in [2.05, 4.69) is 20.8 Å². The molecular formula is C28H29N5O4S. The molecule has 10 heteroatoms. The largest absolute Gasteiger partial charge is 0.454 e. The van der Waals surface area contributed by atoms with Crippen LogP contribution in [0.1, 0.15) is 43.0 Å². The van der Waals surface area contributed by atoms with Crippen LogP contribution in [0.4, 0.5) is 5.69 Å². The van der Waals surface area contributed by atoms with E-state index >= 15 is 0 Å². The zero-order valence-electron chi connectivity index (χ0n) is 21.4. The zero-order chi connectivity index (χ0) is 26.6. The molecule has 0 bridgehead atoms. The Balaban J connectivity index is 1.28. The fourth-order valence-electron chi connectivity index (χ4n) is 4.38. The molecule has 2 N–H and O–H groups in total. The van der Waals surface area contributed by atoms with Gasteiger partial charge < -0.3 is 24.7 Å². The number of fused-ring (bicyclic) bond motifs is 2. The Kier molecular flexibility index (Phi) is 7.50. The van der Waals surface area contributed by atoms with E-state index in [1.165, 1.54) is 11.8 Å². The van der Waals surface area contributed by atoms with Crippen LogP contribution in [0.2, 0.25) is 0 Å². The van der Waals surface area contributed by atoms with Crippen LogP contribution < -0.4 is 20.1 Å². The highest BCUT2D eigenvalue weighted by molar-refractivity contribution is 7.99. The maximum absolute atomic E-state index is 13.1. The van der Waals surface area contributed by atoms with Gasteiger partial charge in [-0.25, -0.2) is 0 Å². The van der Waals surface area contributed by atoms with Gasteiger partial charge in [-0.1, -0.05) is 62.0 Å². The minimum atomic E-state index is -0.376. The summed E-state index contributed by atoms with van der Waals surface area (Å²) in [5.74, 6) is 1.68. The van der Waals surface area contributed by atoms with Crippen molar-refractivity contribution < 1.29 is 19.1 Å². The predicted octanol–water partition coefficient (Wildman–Crippen LogP) is 5.04. The summed E-state index contributed by atoms with van der Waals surface area (Å²) in [6.45, 7) is 6.77. The van der Waals surface area contributed by atoms with Crippen molar-refractivity contribution in [2.24, 2.45) is 5.92 Å². The Morgan fingerprint density at radius 2 is 1.82 bits per heavy atom. The third-order valence-corrected chi connectivity index (χ3v) is 7.29. The Bertz CT molecular complexity index is 1480. The van der Waals surface area contributed by atoms with Crippen LogP contribution in [0.3, 0.4) is 0 Å². The molecule has 4 aromatic rings. The maximum Gasteiger partial charge on any atom is 0.252 e. The van der Waals surface area contributed by atoms with Crippen molar-refractivity contribution in [2.75, 3.05) is 17.9 Å². The third kappa shape index (κ3) is 5.31. The first-order chi connectivity index (χ1) is 18.4. The molecule has 196 valence electrons. The lowest BCUT2D eigenvalue weighted by Gasteiger charge is -2.22. The molecule has 2 amide bonds. The SMILES string of the molecule is CCn1c(SCC(=O)Nc2cccc3ccccc23)nnc1C(NC(=O)c1ccc2c(c1)OCO2)C(C)C. The first-order valence-corrected chi connectivity index (χ1v) is 13.5. The Labute approximate surface area is 224 Å². The van der Waals surface area contributed by atoms with E-state index in [1.807, 2.05) is 67.8 Å². The van der Waals surface area contributed by atoms with Crippen LogP contribution in [-0.4, -0.2) is 39.1 Å². The van der Waals surface area contributed by atoms with Crippen LogP contribution in [0.25, 0.3) is 10.8 Å². The number of ether oxygens (including phenoxy) is 2. The van der Waals surface area contributed by atoms with Gasteiger partial charge in [0.1, 0.15) is 0 Å². The second-order valence-electron chi connectivity index (χ2n) is 9.21. The number of nitrogens with one attached hydrogen (secondary N) is 2. The van der Waals surface area contributed by atoms with Crippen LogP contribution in [-0.2, 0) is 11.3 Å². The van der Waals surface area contributed by atoms with E-state index in [0.717, 1.165) is 16.5 Å². The van der Waals surface area contributed by atoms with Gasteiger partial charge >= 0.3 is 0 Å². The molecule has 5 rings (SSSR count). The third-order valence-electron chi connectivity index (χ3n) is 6.32. The predicted molar refractivity (Wildman–Crippen MR) is 147 cm³/mol. The molecule has 0 aliphatic carbocycles. The van der Waals surface area contributed by atoms with Crippen molar-refractivity contribution in [1.29, 1.82) is 0 Å². The molecule has 1 atom stereocenters. The van der Waals surface area contributed by atoms with Gasteiger partial charge in [-0.2, -0.15) is 0 Å². The Hall–Kier alpha value is -4.05. The number of hydrogen-bond donors (Lipinski definition) is 2. The summed E-state index contributed by atoms with van der Waals surface area (Å²) in [5.41, 5.74) is 1.25. The lowest BCUT2D eigenvalue weighted by molar-refractivity contribution is -0.113. The number of anilines is 1. The topological polar surface area (TPSA) is 107 Å². The van der Waals surface area contributed by atoms with Crippen LogP contribution in [0.15, 0.2) is 65.8 Å². The lowest BCUT2D eigenvalue weighted by Crippen LogP contribution is -2.33. The van der Waals surface area contributed by atoms with Crippen molar-refractivity contribution in [3.8, 4) is 11.5 Å². The number of thioether (sulfide) groups is 1. The zero-order valence-corrected chi connectivity index (χ0v) is 22.2. The highest BCUT2D eigenvalue weighted by Crippen LogP contribution is 2.33. The number of benzene rings is 3. The highest BCUT2D eigenvalue weighted by atomic mass is 32.2. The van der Waals surface area contributed by atoms with E-state index in [9.17, 15) is 9.59 Å². The van der Waals surface area contributed by atoms with Gasteiger partial charge in [0.2, 0.25) is 12.7 Å². The molecule has 0 fully saturated rings. The fourth-order valence-corrected chi connectivity index (χ4v) is 5.19. The molecule has 3 aromatic carbocycles. The minimum Gasteiger partial charge on any atom is -0.454 e. The van der Waals surface area contributed by atoms with Crippen molar-refractivity contribution in [3.05, 3.63) is 72.1 Å².